The summed E-state index contributed by atoms with van der Waals surface area (Å²) in [5, 5.41) is 2.89. The van der Waals surface area contributed by atoms with Gasteiger partial charge in [0.2, 0.25) is 5.91 Å². The van der Waals surface area contributed by atoms with Crippen LogP contribution in [0.1, 0.15) is 25.0 Å². The Balaban J connectivity index is 0.00000264. The van der Waals surface area contributed by atoms with Gasteiger partial charge >= 0.3 is 0 Å². The van der Waals surface area contributed by atoms with Gasteiger partial charge in [-0.1, -0.05) is 42.5 Å². The van der Waals surface area contributed by atoms with Crippen molar-refractivity contribution in [3.8, 4) is 5.75 Å². The van der Waals surface area contributed by atoms with Crippen LogP contribution in [-0.4, -0.2) is 12.5 Å². The minimum absolute atomic E-state index is 0. The summed E-state index contributed by atoms with van der Waals surface area (Å²) in [5.74, 6) is 0.591. The topological polar surface area (TPSA) is 64.3 Å². The average Bonchev–Trinajstić information content (AvgIpc) is 2.54. The molecule has 124 valence electrons. The predicted octanol–water partition coefficient (Wildman–Crippen LogP) is 3.00. The summed E-state index contributed by atoms with van der Waals surface area (Å²) in [5.41, 5.74) is 6.89. The Morgan fingerprint density at radius 2 is 1.87 bits per heavy atom. The van der Waals surface area contributed by atoms with Crippen molar-refractivity contribution in [2.75, 3.05) is 6.61 Å². The van der Waals surface area contributed by atoms with Crippen LogP contribution in [0.2, 0.25) is 0 Å². The number of amides is 1. The summed E-state index contributed by atoms with van der Waals surface area (Å²) in [4.78, 5) is 12.4. The largest absolute Gasteiger partial charge is 0.494 e. The molecule has 0 aliphatic heterocycles. The quantitative estimate of drug-likeness (QED) is 0.853. The Hall–Kier alpha value is -2.04. The molecule has 1 amide bonds. The zero-order chi connectivity index (χ0) is 16.0. The van der Waals surface area contributed by atoms with Gasteiger partial charge in [0.05, 0.1) is 6.61 Å². The number of carbonyl (C=O) groups excluding carboxylic acids is 1. The third-order valence-electron chi connectivity index (χ3n) is 3.51. The molecule has 23 heavy (non-hydrogen) atoms. The van der Waals surface area contributed by atoms with Gasteiger partial charge in [0.1, 0.15) is 11.3 Å². The molecule has 5 heteroatoms. The van der Waals surface area contributed by atoms with Crippen molar-refractivity contribution in [2.45, 2.75) is 25.9 Å². The lowest BCUT2D eigenvalue weighted by molar-refractivity contribution is -0.126. The van der Waals surface area contributed by atoms with E-state index in [0.717, 1.165) is 16.9 Å². The van der Waals surface area contributed by atoms with E-state index >= 15 is 0 Å². The highest BCUT2D eigenvalue weighted by Crippen LogP contribution is 2.18. The number of carbonyl (C=O) groups is 1. The van der Waals surface area contributed by atoms with Crippen LogP contribution in [0.15, 0.2) is 54.6 Å². The van der Waals surface area contributed by atoms with E-state index in [9.17, 15) is 4.79 Å². The maximum Gasteiger partial charge on any atom is 0.244 e. The highest BCUT2D eigenvalue weighted by molar-refractivity contribution is 5.87. The van der Waals surface area contributed by atoms with E-state index in [4.69, 9.17) is 10.5 Å². The summed E-state index contributed by atoms with van der Waals surface area (Å²) in [7, 11) is 0. The van der Waals surface area contributed by atoms with E-state index < -0.39 is 5.54 Å². The normalized spacial score (nSPS) is 12.7. The summed E-state index contributed by atoms with van der Waals surface area (Å²) >= 11 is 0. The van der Waals surface area contributed by atoms with Gasteiger partial charge in [-0.25, -0.2) is 0 Å². The molecular formula is C18H23ClN2O2. The summed E-state index contributed by atoms with van der Waals surface area (Å²) in [6, 6.07) is 17.0. The lowest BCUT2D eigenvalue weighted by Gasteiger charge is -2.24. The zero-order valence-corrected chi connectivity index (χ0v) is 14.2. The standard InChI is InChI=1S/C18H22N2O2.ClH/c1-3-22-16-11-7-8-14(12-16)13-20-17(21)18(2,19)15-9-5-4-6-10-15;/h4-12H,3,13,19H2,1-2H3,(H,20,21);1H. The van der Waals surface area contributed by atoms with E-state index in [2.05, 4.69) is 5.32 Å². The Kier molecular flexibility index (Phi) is 7.07. The second kappa shape index (κ2) is 8.56. The molecule has 2 aromatic carbocycles. The van der Waals surface area contributed by atoms with Crippen molar-refractivity contribution in [3.05, 3.63) is 65.7 Å². The molecule has 2 rings (SSSR count). The van der Waals surface area contributed by atoms with Gasteiger partial charge in [-0.3, -0.25) is 4.79 Å². The number of benzene rings is 2. The van der Waals surface area contributed by atoms with Gasteiger partial charge in [-0.05, 0) is 37.1 Å². The highest BCUT2D eigenvalue weighted by Gasteiger charge is 2.29. The van der Waals surface area contributed by atoms with Crippen LogP contribution in [0, 0.1) is 0 Å². The van der Waals surface area contributed by atoms with Gasteiger partial charge in [-0.15, -0.1) is 12.4 Å². The second-order valence-corrected chi connectivity index (χ2v) is 5.33. The number of hydrogen-bond donors (Lipinski definition) is 2. The molecule has 0 fully saturated rings. The number of nitrogens with one attached hydrogen (secondary N) is 1. The predicted molar refractivity (Wildman–Crippen MR) is 94.7 cm³/mol. The fraction of sp³-hybridized carbons (Fsp3) is 0.278. The van der Waals surface area contributed by atoms with Crippen molar-refractivity contribution in [2.24, 2.45) is 5.73 Å². The highest BCUT2D eigenvalue weighted by atomic mass is 35.5. The third kappa shape index (κ3) is 4.98. The summed E-state index contributed by atoms with van der Waals surface area (Å²) < 4.78 is 5.45. The van der Waals surface area contributed by atoms with E-state index in [1.165, 1.54) is 0 Å². The molecule has 0 aliphatic rings. The number of halogens is 1. The monoisotopic (exact) mass is 334 g/mol. The molecule has 0 aromatic heterocycles. The lowest BCUT2D eigenvalue weighted by Crippen LogP contribution is -2.48. The summed E-state index contributed by atoms with van der Waals surface area (Å²) in [6.45, 7) is 4.69. The Morgan fingerprint density at radius 1 is 1.17 bits per heavy atom. The van der Waals surface area contributed by atoms with Crippen molar-refractivity contribution < 1.29 is 9.53 Å². The van der Waals surface area contributed by atoms with Gasteiger partial charge < -0.3 is 15.8 Å². The minimum atomic E-state index is -1.06. The first-order valence-corrected chi connectivity index (χ1v) is 7.38. The molecule has 0 aliphatic carbocycles. The van der Waals surface area contributed by atoms with Gasteiger partial charge in [0, 0.05) is 6.54 Å². The van der Waals surface area contributed by atoms with Crippen LogP contribution in [0.3, 0.4) is 0 Å². The molecule has 1 atom stereocenters. The van der Waals surface area contributed by atoms with E-state index in [1.807, 2.05) is 61.5 Å². The maximum absolute atomic E-state index is 12.4. The van der Waals surface area contributed by atoms with Crippen molar-refractivity contribution >= 4 is 18.3 Å². The number of ether oxygens (including phenoxy) is 1. The fourth-order valence-corrected chi connectivity index (χ4v) is 2.19. The maximum atomic E-state index is 12.4. The molecule has 3 N–H and O–H groups in total. The molecule has 0 saturated heterocycles. The zero-order valence-electron chi connectivity index (χ0n) is 13.4. The molecule has 0 radical (unpaired) electrons. The number of nitrogens with two attached hydrogens (primary N) is 1. The molecule has 2 aromatic rings. The van der Waals surface area contributed by atoms with Crippen molar-refractivity contribution in [3.63, 3.8) is 0 Å². The van der Waals surface area contributed by atoms with Crippen LogP contribution >= 0.6 is 12.4 Å². The van der Waals surface area contributed by atoms with Crippen LogP contribution in [-0.2, 0) is 16.9 Å². The average molecular weight is 335 g/mol. The van der Waals surface area contributed by atoms with Crippen LogP contribution < -0.4 is 15.8 Å². The van der Waals surface area contributed by atoms with Crippen LogP contribution in [0.25, 0.3) is 0 Å². The molecule has 0 bridgehead atoms. The molecule has 0 spiro atoms. The number of rotatable bonds is 6. The second-order valence-electron chi connectivity index (χ2n) is 5.33. The molecular weight excluding hydrogens is 312 g/mol. The summed E-state index contributed by atoms with van der Waals surface area (Å²) in [6.07, 6.45) is 0. The molecule has 1 unspecified atom stereocenters. The molecule has 4 nitrogen and oxygen atoms in total. The first-order valence-electron chi connectivity index (χ1n) is 7.38. The van der Waals surface area contributed by atoms with E-state index in [-0.39, 0.29) is 18.3 Å². The van der Waals surface area contributed by atoms with Gasteiger partial charge in [-0.2, -0.15) is 0 Å². The van der Waals surface area contributed by atoms with Gasteiger partial charge in [0.15, 0.2) is 0 Å². The molecule has 0 saturated carbocycles. The molecule has 0 heterocycles. The first-order chi connectivity index (χ1) is 10.5. The van der Waals surface area contributed by atoms with Crippen molar-refractivity contribution in [1.82, 2.24) is 5.32 Å². The van der Waals surface area contributed by atoms with Crippen LogP contribution in [0.5, 0.6) is 5.75 Å². The van der Waals surface area contributed by atoms with Crippen molar-refractivity contribution in [1.29, 1.82) is 0 Å². The van der Waals surface area contributed by atoms with E-state index in [1.54, 1.807) is 6.92 Å². The fourth-order valence-electron chi connectivity index (χ4n) is 2.19. The first kappa shape index (κ1) is 19.0. The SMILES string of the molecule is CCOc1cccc(CNC(=O)C(C)(N)c2ccccc2)c1.Cl. The smallest absolute Gasteiger partial charge is 0.244 e. The Morgan fingerprint density at radius 3 is 2.52 bits per heavy atom. The Bertz CT molecular complexity index is 630. The van der Waals surface area contributed by atoms with E-state index in [0.29, 0.717) is 13.2 Å². The minimum Gasteiger partial charge on any atom is -0.494 e. The Labute approximate surface area is 143 Å². The number of hydrogen-bond acceptors (Lipinski definition) is 3. The van der Waals surface area contributed by atoms with Gasteiger partial charge in [0.25, 0.3) is 0 Å². The third-order valence-corrected chi connectivity index (χ3v) is 3.51. The van der Waals surface area contributed by atoms with Crippen LogP contribution in [0.4, 0.5) is 0 Å². The lowest BCUT2D eigenvalue weighted by atomic mass is 9.92.